The number of amides is 1. The number of hydrogen-bond acceptors (Lipinski definition) is 2. The Bertz CT molecular complexity index is 861. The molecule has 26 heavy (non-hydrogen) atoms. The molecule has 1 fully saturated rings. The Morgan fingerprint density at radius 3 is 2.50 bits per heavy atom. The van der Waals surface area contributed by atoms with Crippen molar-refractivity contribution in [2.45, 2.75) is 32.4 Å². The van der Waals surface area contributed by atoms with Gasteiger partial charge in [-0.3, -0.25) is 4.79 Å². The van der Waals surface area contributed by atoms with Crippen LogP contribution in [-0.4, -0.2) is 19.0 Å². The fourth-order valence-electron chi connectivity index (χ4n) is 3.76. The smallest absolute Gasteiger partial charge is 0.287 e. The Labute approximate surface area is 153 Å². The standard InChI is InChI=1S/C22H24N2O2/c25-22(21-14-17-8-4-5-11-20(17)26-21)23-15-18-9-2-3-10-19(18)16-24-12-6-1-7-13-24/h2-5,8-11,14H,1,6-7,12-13,15-16H2,(H,23,25)/p+1. The Hall–Kier alpha value is -2.59. The van der Waals surface area contributed by atoms with E-state index in [1.807, 2.05) is 30.3 Å². The summed E-state index contributed by atoms with van der Waals surface area (Å²) in [5.41, 5.74) is 3.26. The van der Waals surface area contributed by atoms with Gasteiger partial charge in [-0.15, -0.1) is 0 Å². The second kappa shape index (κ2) is 7.75. The Morgan fingerprint density at radius 2 is 1.69 bits per heavy atom. The molecule has 0 bridgehead atoms. The first kappa shape index (κ1) is 16.9. The Balaban J connectivity index is 1.43. The minimum absolute atomic E-state index is 0.165. The van der Waals surface area contributed by atoms with Crippen LogP contribution < -0.4 is 10.2 Å². The van der Waals surface area contributed by atoms with E-state index in [2.05, 4.69) is 23.5 Å². The minimum Gasteiger partial charge on any atom is -0.451 e. The first-order chi connectivity index (χ1) is 12.8. The molecule has 134 valence electrons. The van der Waals surface area contributed by atoms with Crippen LogP contribution in [0.2, 0.25) is 0 Å². The number of quaternary nitrogens is 1. The molecule has 3 aromatic rings. The molecule has 2 heterocycles. The highest BCUT2D eigenvalue weighted by Crippen LogP contribution is 2.18. The molecule has 1 amide bonds. The van der Waals surface area contributed by atoms with Gasteiger partial charge >= 0.3 is 0 Å². The van der Waals surface area contributed by atoms with E-state index >= 15 is 0 Å². The van der Waals surface area contributed by atoms with E-state index in [9.17, 15) is 4.79 Å². The molecule has 0 spiro atoms. The van der Waals surface area contributed by atoms with E-state index in [-0.39, 0.29) is 5.91 Å². The van der Waals surface area contributed by atoms with Crippen LogP contribution >= 0.6 is 0 Å². The van der Waals surface area contributed by atoms with E-state index in [1.165, 1.54) is 43.5 Å². The normalized spacial score (nSPS) is 15.2. The molecule has 4 nitrogen and oxygen atoms in total. The summed E-state index contributed by atoms with van der Waals surface area (Å²) in [6.07, 6.45) is 4.00. The average molecular weight is 349 g/mol. The highest BCUT2D eigenvalue weighted by Gasteiger charge is 2.17. The number of benzene rings is 2. The highest BCUT2D eigenvalue weighted by atomic mass is 16.3. The maximum atomic E-state index is 12.5. The molecule has 1 aliphatic rings. The summed E-state index contributed by atoms with van der Waals surface area (Å²) in [4.78, 5) is 14.1. The molecule has 0 unspecified atom stereocenters. The number of rotatable bonds is 5. The Kier molecular flexibility index (Phi) is 5.02. The quantitative estimate of drug-likeness (QED) is 0.744. The molecule has 1 aromatic heterocycles. The van der Waals surface area contributed by atoms with Gasteiger partial charge in [0.1, 0.15) is 12.1 Å². The molecular weight excluding hydrogens is 324 g/mol. The van der Waals surface area contributed by atoms with Crippen molar-refractivity contribution in [3.05, 3.63) is 71.5 Å². The maximum Gasteiger partial charge on any atom is 0.287 e. The van der Waals surface area contributed by atoms with Crippen molar-refractivity contribution in [3.63, 3.8) is 0 Å². The SMILES string of the molecule is O=C(NCc1ccccc1C[NH+]1CCCCC1)c1cc2ccccc2o1. The number of furan rings is 1. The number of carbonyl (C=O) groups excluding carboxylic acids is 1. The monoisotopic (exact) mass is 349 g/mol. The summed E-state index contributed by atoms with van der Waals surface area (Å²) >= 11 is 0. The van der Waals surface area contributed by atoms with Crippen molar-refractivity contribution in [2.24, 2.45) is 0 Å². The molecule has 1 saturated heterocycles. The Morgan fingerprint density at radius 1 is 0.962 bits per heavy atom. The molecule has 0 aliphatic carbocycles. The zero-order valence-corrected chi connectivity index (χ0v) is 15.0. The zero-order chi connectivity index (χ0) is 17.8. The summed E-state index contributed by atoms with van der Waals surface area (Å²) < 4.78 is 5.65. The fraction of sp³-hybridized carbons (Fsp3) is 0.318. The van der Waals surface area contributed by atoms with E-state index in [0.717, 1.165) is 17.5 Å². The van der Waals surface area contributed by atoms with Gasteiger partial charge in [0.2, 0.25) is 0 Å². The lowest BCUT2D eigenvalue weighted by atomic mass is 10.0. The molecule has 2 aromatic carbocycles. The number of piperidine rings is 1. The number of nitrogens with one attached hydrogen (secondary N) is 2. The number of para-hydroxylation sites is 1. The van der Waals surface area contributed by atoms with Crippen LogP contribution in [0.3, 0.4) is 0 Å². The van der Waals surface area contributed by atoms with Gasteiger partial charge in [-0.25, -0.2) is 0 Å². The van der Waals surface area contributed by atoms with Crippen molar-refractivity contribution in [1.82, 2.24) is 5.32 Å². The summed E-state index contributed by atoms with van der Waals surface area (Å²) in [7, 11) is 0. The van der Waals surface area contributed by atoms with Crippen molar-refractivity contribution in [1.29, 1.82) is 0 Å². The van der Waals surface area contributed by atoms with Crippen LogP contribution in [0.5, 0.6) is 0 Å². The molecule has 0 saturated carbocycles. The fourth-order valence-corrected chi connectivity index (χ4v) is 3.76. The van der Waals surface area contributed by atoms with Gasteiger partial charge in [0.15, 0.2) is 5.76 Å². The topological polar surface area (TPSA) is 46.7 Å². The summed E-state index contributed by atoms with van der Waals surface area (Å²) in [5, 5.41) is 3.96. The van der Waals surface area contributed by atoms with Gasteiger partial charge < -0.3 is 14.6 Å². The molecule has 4 heteroatoms. The van der Waals surface area contributed by atoms with Crippen LogP contribution in [-0.2, 0) is 13.1 Å². The van der Waals surface area contributed by atoms with E-state index in [1.54, 1.807) is 11.0 Å². The molecule has 2 N–H and O–H groups in total. The first-order valence-corrected chi connectivity index (χ1v) is 9.47. The number of hydrogen-bond donors (Lipinski definition) is 2. The van der Waals surface area contributed by atoms with Crippen molar-refractivity contribution >= 4 is 16.9 Å². The number of fused-ring (bicyclic) bond motifs is 1. The molecule has 4 rings (SSSR count). The predicted molar refractivity (Wildman–Crippen MR) is 102 cm³/mol. The molecule has 0 radical (unpaired) electrons. The van der Waals surface area contributed by atoms with Gasteiger partial charge in [-0.2, -0.15) is 0 Å². The van der Waals surface area contributed by atoms with E-state index in [0.29, 0.717) is 12.3 Å². The summed E-state index contributed by atoms with van der Waals surface area (Å²) in [5.74, 6) is 0.201. The largest absolute Gasteiger partial charge is 0.451 e. The zero-order valence-electron chi connectivity index (χ0n) is 15.0. The van der Waals surface area contributed by atoms with E-state index in [4.69, 9.17) is 4.42 Å². The third kappa shape index (κ3) is 3.81. The van der Waals surface area contributed by atoms with Crippen molar-refractivity contribution in [3.8, 4) is 0 Å². The van der Waals surface area contributed by atoms with E-state index < -0.39 is 0 Å². The number of carbonyl (C=O) groups is 1. The third-order valence-corrected chi connectivity index (χ3v) is 5.21. The van der Waals surface area contributed by atoms with Crippen LogP contribution in [0.25, 0.3) is 11.0 Å². The van der Waals surface area contributed by atoms with Crippen LogP contribution in [0.15, 0.2) is 59.0 Å². The lowest BCUT2D eigenvalue weighted by molar-refractivity contribution is -0.918. The molecule has 1 aliphatic heterocycles. The predicted octanol–water partition coefficient (Wildman–Crippen LogP) is 2.93. The maximum absolute atomic E-state index is 12.5. The van der Waals surface area contributed by atoms with Gasteiger partial charge in [-0.1, -0.05) is 42.5 Å². The van der Waals surface area contributed by atoms with Gasteiger partial charge in [0.25, 0.3) is 5.91 Å². The average Bonchev–Trinajstić information content (AvgIpc) is 3.12. The number of likely N-dealkylation sites (tertiary alicyclic amines) is 1. The lowest BCUT2D eigenvalue weighted by Gasteiger charge is -2.24. The third-order valence-electron chi connectivity index (χ3n) is 5.21. The van der Waals surface area contributed by atoms with Crippen molar-refractivity contribution < 1.29 is 14.1 Å². The van der Waals surface area contributed by atoms with Crippen LogP contribution in [0.4, 0.5) is 0 Å². The highest BCUT2D eigenvalue weighted by molar-refractivity contribution is 5.96. The first-order valence-electron chi connectivity index (χ1n) is 9.47. The molecular formula is C22H25N2O2+. The summed E-state index contributed by atoms with van der Waals surface area (Å²) in [6, 6.07) is 17.9. The van der Waals surface area contributed by atoms with Gasteiger partial charge in [-0.05, 0) is 37.0 Å². The lowest BCUT2D eigenvalue weighted by Crippen LogP contribution is -3.11. The van der Waals surface area contributed by atoms with Gasteiger partial charge in [0.05, 0.1) is 13.1 Å². The molecule has 0 atom stereocenters. The van der Waals surface area contributed by atoms with Crippen LogP contribution in [0, 0.1) is 0 Å². The minimum atomic E-state index is -0.165. The summed E-state index contributed by atoms with van der Waals surface area (Å²) in [6.45, 7) is 4.06. The second-order valence-corrected chi connectivity index (χ2v) is 7.09. The second-order valence-electron chi connectivity index (χ2n) is 7.09. The van der Waals surface area contributed by atoms with Crippen molar-refractivity contribution in [2.75, 3.05) is 13.1 Å². The van der Waals surface area contributed by atoms with Gasteiger partial charge in [0, 0.05) is 17.5 Å². The van der Waals surface area contributed by atoms with Crippen LogP contribution in [0.1, 0.15) is 40.9 Å².